The van der Waals surface area contributed by atoms with Crippen molar-refractivity contribution in [3.8, 4) is 0 Å². The molecule has 0 saturated heterocycles. The van der Waals surface area contributed by atoms with E-state index in [0.717, 1.165) is 30.4 Å². The van der Waals surface area contributed by atoms with E-state index in [0.29, 0.717) is 6.54 Å². The van der Waals surface area contributed by atoms with E-state index in [1.807, 2.05) is 13.0 Å². The monoisotopic (exact) mass is 290 g/mol. The van der Waals surface area contributed by atoms with Crippen molar-refractivity contribution < 1.29 is 4.79 Å². The maximum Gasteiger partial charge on any atom is 0.315 e. The summed E-state index contributed by atoms with van der Waals surface area (Å²) in [6, 6.07) is 1.70. The van der Waals surface area contributed by atoms with Crippen LogP contribution in [0.2, 0.25) is 0 Å². The number of hydrogen-bond donors (Lipinski definition) is 2. The Morgan fingerprint density at radius 2 is 2.10 bits per heavy atom. The van der Waals surface area contributed by atoms with Crippen LogP contribution in [0.3, 0.4) is 0 Å². The van der Waals surface area contributed by atoms with Crippen molar-refractivity contribution in [2.75, 3.05) is 6.54 Å². The largest absolute Gasteiger partial charge is 0.338 e. The molecule has 0 atom stereocenters. The van der Waals surface area contributed by atoms with Gasteiger partial charge in [-0.2, -0.15) is 0 Å². The standard InChI is InChI=1S/C16H26N4O/c1-13-17-11-9-15(20-13)12-19-16(21)18-10-5-8-14-6-3-2-4-7-14/h9,11,14H,2-8,10,12H2,1H3,(H2,18,19,21). The van der Waals surface area contributed by atoms with Gasteiger partial charge in [-0.25, -0.2) is 14.8 Å². The lowest BCUT2D eigenvalue weighted by Gasteiger charge is -2.21. The Morgan fingerprint density at radius 3 is 2.86 bits per heavy atom. The van der Waals surface area contributed by atoms with Crippen LogP contribution in [0.15, 0.2) is 12.3 Å². The molecule has 5 heteroatoms. The smallest absolute Gasteiger partial charge is 0.315 e. The third kappa shape index (κ3) is 6.10. The molecule has 1 saturated carbocycles. The van der Waals surface area contributed by atoms with E-state index in [9.17, 15) is 4.79 Å². The van der Waals surface area contributed by atoms with E-state index < -0.39 is 0 Å². The zero-order valence-electron chi connectivity index (χ0n) is 12.9. The molecule has 116 valence electrons. The van der Waals surface area contributed by atoms with Gasteiger partial charge in [-0.15, -0.1) is 0 Å². The fraction of sp³-hybridized carbons (Fsp3) is 0.688. The first-order valence-corrected chi connectivity index (χ1v) is 8.04. The summed E-state index contributed by atoms with van der Waals surface area (Å²) in [7, 11) is 0. The molecule has 1 aromatic rings. The number of aryl methyl sites for hydroxylation is 1. The second-order valence-corrected chi connectivity index (χ2v) is 5.85. The number of urea groups is 1. The molecule has 0 radical (unpaired) electrons. The Morgan fingerprint density at radius 1 is 1.29 bits per heavy atom. The molecule has 21 heavy (non-hydrogen) atoms. The van der Waals surface area contributed by atoms with E-state index in [1.165, 1.54) is 38.5 Å². The van der Waals surface area contributed by atoms with E-state index in [4.69, 9.17) is 0 Å². The molecule has 1 fully saturated rings. The Hall–Kier alpha value is -1.65. The summed E-state index contributed by atoms with van der Waals surface area (Å²) in [6.07, 6.45) is 10.9. The van der Waals surface area contributed by atoms with Gasteiger partial charge >= 0.3 is 6.03 Å². The number of aromatic nitrogens is 2. The average molecular weight is 290 g/mol. The quantitative estimate of drug-likeness (QED) is 0.792. The minimum atomic E-state index is -0.116. The number of nitrogens with one attached hydrogen (secondary N) is 2. The molecule has 2 amide bonds. The van der Waals surface area contributed by atoms with Gasteiger partial charge in [0.05, 0.1) is 12.2 Å². The summed E-state index contributed by atoms with van der Waals surface area (Å²) in [5.74, 6) is 1.61. The molecule has 2 rings (SSSR count). The summed E-state index contributed by atoms with van der Waals surface area (Å²) in [5.41, 5.74) is 0.833. The van der Waals surface area contributed by atoms with Crippen molar-refractivity contribution >= 4 is 6.03 Å². The molecule has 0 bridgehead atoms. The molecule has 1 aliphatic carbocycles. The van der Waals surface area contributed by atoms with Gasteiger partial charge in [-0.1, -0.05) is 32.1 Å². The van der Waals surface area contributed by atoms with E-state index in [2.05, 4.69) is 20.6 Å². The van der Waals surface area contributed by atoms with Crippen LogP contribution in [0.1, 0.15) is 56.5 Å². The summed E-state index contributed by atoms with van der Waals surface area (Å²) in [6.45, 7) is 3.04. The van der Waals surface area contributed by atoms with Crippen LogP contribution < -0.4 is 10.6 Å². The molecular weight excluding hydrogens is 264 g/mol. The van der Waals surface area contributed by atoms with E-state index >= 15 is 0 Å². The molecule has 0 spiro atoms. The molecule has 5 nitrogen and oxygen atoms in total. The highest BCUT2D eigenvalue weighted by atomic mass is 16.2. The van der Waals surface area contributed by atoms with E-state index in [-0.39, 0.29) is 6.03 Å². The van der Waals surface area contributed by atoms with Crippen LogP contribution in [-0.4, -0.2) is 22.5 Å². The number of amides is 2. The normalized spacial score (nSPS) is 15.7. The topological polar surface area (TPSA) is 66.9 Å². The molecule has 1 aliphatic rings. The lowest BCUT2D eigenvalue weighted by molar-refractivity contribution is 0.239. The highest BCUT2D eigenvalue weighted by Crippen LogP contribution is 2.26. The van der Waals surface area contributed by atoms with Crippen molar-refractivity contribution in [1.82, 2.24) is 20.6 Å². The van der Waals surface area contributed by atoms with Crippen LogP contribution in [0.5, 0.6) is 0 Å². The highest BCUT2D eigenvalue weighted by molar-refractivity contribution is 5.73. The van der Waals surface area contributed by atoms with Crippen molar-refractivity contribution in [2.45, 2.75) is 58.4 Å². The number of nitrogens with zero attached hydrogens (tertiary/aromatic N) is 2. The molecule has 0 aromatic carbocycles. The van der Waals surface area contributed by atoms with Crippen molar-refractivity contribution in [3.05, 3.63) is 23.8 Å². The minimum absolute atomic E-state index is 0.116. The van der Waals surface area contributed by atoms with Crippen LogP contribution in [0.25, 0.3) is 0 Å². The first-order chi connectivity index (χ1) is 10.2. The summed E-state index contributed by atoms with van der Waals surface area (Å²) in [5, 5.41) is 5.74. The van der Waals surface area contributed by atoms with Crippen LogP contribution in [0, 0.1) is 12.8 Å². The number of carbonyl (C=O) groups excluding carboxylic acids is 1. The summed E-state index contributed by atoms with van der Waals surface area (Å²) < 4.78 is 0. The summed E-state index contributed by atoms with van der Waals surface area (Å²) >= 11 is 0. The maximum atomic E-state index is 11.7. The van der Waals surface area contributed by atoms with Gasteiger partial charge < -0.3 is 10.6 Å². The Kier molecular flexibility index (Phi) is 6.44. The fourth-order valence-electron chi connectivity index (χ4n) is 2.91. The van der Waals surface area contributed by atoms with Gasteiger partial charge in [-0.05, 0) is 31.7 Å². The third-order valence-corrected chi connectivity index (χ3v) is 4.06. The number of rotatable bonds is 6. The molecular formula is C16H26N4O. The average Bonchev–Trinajstić information content (AvgIpc) is 2.51. The predicted octanol–water partition coefficient (Wildman–Crippen LogP) is 2.94. The second-order valence-electron chi connectivity index (χ2n) is 5.85. The highest BCUT2D eigenvalue weighted by Gasteiger charge is 2.12. The number of hydrogen-bond acceptors (Lipinski definition) is 3. The Labute approximate surface area is 127 Å². The Bertz CT molecular complexity index is 444. The van der Waals surface area contributed by atoms with Crippen LogP contribution >= 0.6 is 0 Å². The predicted molar refractivity (Wildman–Crippen MR) is 82.8 cm³/mol. The van der Waals surface area contributed by atoms with Crippen molar-refractivity contribution in [1.29, 1.82) is 0 Å². The van der Waals surface area contributed by atoms with Gasteiger partial charge in [0.2, 0.25) is 0 Å². The molecule has 2 N–H and O–H groups in total. The molecule has 0 unspecified atom stereocenters. The van der Waals surface area contributed by atoms with Gasteiger partial charge in [-0.3, -0.25) is 0 Å². The zero-order valence-corrected chi connectivity index (χ0v) is 12.9. The first kappa shape index (κ1) is 15.7. The fourth-order valence-corrected chi connectivity index (χ4v) is 2.91. The van der Waals surface area contributed by atoms with E-state index in [1.54, 1.807) is 6.20 Å². The Balaban J connectivity index is 1.55. The summed E-state index contributed by atoms with van der Waals surface area (Å²) in [4.78, 5) is 20.0. The van der Waals surface area contributed by atoms with Crippen molar-refractivity contribution in [2.24, 2.45) is 5.92 Å². The van der Waals surface area contributed by atoms with Gasteiger partial charge in [0.1, 0.15) is 5.82 Å². The first-order valence-electron chi connectivity index (χ1n) is 8.04. The number of carbonyl (C=O) groups is 1. The molecule has 1 aromatic heterocycles. The van der Waals surface area contributed by atoms with Crippen LogP contribution in [-0.2, 0) is 6.54 Å². The zero-order chi connectivity index (χ0) is 14.9. The van der Waals surface area contributed by atoms with Crippen molar-refractivity contribution in [3.63, 3.8) is 0 Å². The lowest BCUT2D eigenvalue weighted by Crippen LogP contribution is -2.35. The van der Waals surface area contributed by atoms with Crippen LogP contribution in [0.4, 0.5) is 4.79 Å². The SMILES string of the molecule is Cc1nccc(CNC(=O)NCCCC2CCCCC2)n1. The lowest BCUT2D eigenvalue weighted by atomic mass is 9.86. The second kappa shape index (κ2) is 8.60. The van der Waals surface area contributed by atoms with Gasteiger partial charge in [0.25, 0.3) is 0 Å². The maximum absolute atomic E-state index is 11.7. The van der Waals surface area contributed by atoms with Gasteiger partial charge in [0, 0.05) is 12.7 Å². The molecule has 0 aliphatic heterocycles. The third-order valence-electron chi connectivity index (χ3n) is 4.06. The minimum Gasteiger partial charge on any atom is -0.338 e. The molecule has 1 heterocycles. The van der Waals surface area contributed by atoms with Gasteiger partial charge in [0.15, 0.2) is 0 Å².